The quantitative estimate of drug-likeness (QED) is 0.166. The molecule has 1 aliphatic heterocycles. The van der Waals surface area contributed by atoms with Crippen molar-refractivity contribution in [1.29, 1.82) is 0 Å². The molecule has 0 saturated carbocycles. The highest BCUT2D eigenvalue weighted by Crippen LogP contribution is 2.46. The number of amides is 1. The number of benzene rings is 3. The number of aromatic nitrogens is 1. The number of hydrogen-bond acceptors (Lipinski definition) is 8. The molecule has 200 valence electrons. The molecule has 0 bridgehead atoms. The van der Waals surface area contributed by atoms with Gasteiger partial charge in [-0.2, -0.15) is 0 Å². The number of aliphatic hydroxyl groups is 1. The third-order valence-electron chi connectivity index (χ3n) is 6.51. The van der Waals surface area contributed by atoms with Crippen LogP contribution in [0.3, 0.4) is 0 Å². The van der Waals surface area contributed by atoms with Gasteiger partial charge in [-0.25, -0.2) is 4.98 Å². The summed E-state index contributed by atoms with van der Waals surface area (Å²) in [5.74, 6) is -1.20. The molecule has 5 rings (SSSR count). The molecule has 0 spiro atoms. The van der Waals surface area contributed by atoms with Crippen LogP contribution in [0.1, 0.15) is 42.1 Å². The molecule has 39 heavy (non-hydrogen) atoms. The van der Waals surface area contributed by atoms with Gasteiger partial charge in [-0.15, -0.1) is 0 Å². The van der Waals surface area contributed by atoms with Gasteiger partial charge in [0.15, 0.2) is 16.6 Å². The predicted molar refractivity (Wildman–Crippen MR) is 151 cm³/mol. The van der Waals surface area contributed by atoms with Gasteiger partial charge in [-0.3, -0.25) is 14.5 Å². The molecule has 9 heteroatoms. The van der Waals surface area contributed by atoms with Crippen LogP contribution >= 0.6 is 11.3 Å². The minimum Gasteiger partial charge on any atom is -0.507 e. The summed E-state index contributed by atoms with van der Waals surface area (Å²) in [7, 11) is 0. The number of carbonyl (C=O) groups excluding carboxylic acids is 2. The van der Waals surface area contributed by atoms with Gasteiger partial charge in [0.1, 0.15) is 11.5 Å². The molecule has 2 heterocycles. The molecule has 1 atom stereocenters. The zero-order valence-electron chi connectivity index (χ0n) is 22.0. The zero-order chi connectivity index (χ0) is 27.8. The van der Waals surface area contributed by atoms with Gasteiger partial charge < -0.3 is 19.7 Å². The Morgan fingerprint density at radius 2 is 1.72 bits per heavy atom. The first kappa shape index (κ1) is 26.2. The van der Waals surface area contributed by atoms with E-state index in [0.29, 0.717) is 35.2 Å². The lowest BCUT2D eigenvalue weighted by atomic mass is 9.95. The number of anilines is 1. The highest BCUT2D eigenvalue weighted by atomic mass is 32.1. The molecule has 1 unspecified atom stereocenters. The number of aliphatic hydroxyl groups excluding tert-OH is 1. The van der Waals surface area contributed by atoms with Crippen LogP contribution < -0.4 is 14.4 Å². The molecule has 4 aromatic rings. The highest BCUT2D eigenvalue weighted by molar-refractivity contribution is 7.22. The summed E-state index contributed by atoms with van der Waals surface area (Å²) in [5.41, 5.74) is 3.52. The largest absolute Gasteiger partial charge is 0.507 e. The Bertz CT molecular complexity index is 1620. The van der Waals surface area contributed by atoms with Gasteiger partial charge in [0, 0.05) is 5.56 Å². The summed E-state index contributed by atoms with van der Waals surface area (Å²) in [6, 6.07) is 14.3. The van der Waals surface area contributed by atoms with Crippen LogP contribution in [-0.2, 0) is 9.59 Å². The van der Waals surface area contributed by atoms with Crippen molar-refractivity contribution in [2.24, 2.45) is 0 Å². The Balaban J connectivity index is 1.72. The maximum atomic E-state index is 13.6. The van der Waals surface area contributed by atoms with E-state index >= 15 is 0 Å². The molecular weight excluding hydrogens is 516 g/mol. The molecule has 8 nitrogen and oxygen atoms in total. The van der Waals surface area contributed by atoms with Gasteiger partial charge >= 0.3 is 5.91 Å². The number of phenolic OH excluding ortho intramolecular Hbond substituents is 1. The minimum absolute atomic E-state index is 0.0739. The molecule has 0 radical (unpaired) electrons. The number of thiazole rings is 1. The Kier molecular flexibility index (Phi) is 7.01. The van der Waals surface area contributed by atoms with Crippen molar-refractivity contribution in [3.05, 3.63) is 82.4 Å². The monoisotopic (exact) mass is 544 g/mol. The van der Waals surface area contributed by atoms with Crippen LogP contribution in [0.2, 0.25) is 0 Å². The standard InChI is InChI=1S/C30H28N2O6S/c1-5-37-20-10-7-18(8-11-20)27(34)24-26(19-9-12-21(33)22(15-19)38-6-2)32(29(36)28(24)35)30-31-25-17(4)13-16(3)14-23(25)39-30/h7-15,26,33-34H,5-6H2,1-4H3. The SMILES string of the molecule is CCOc1ccc(C(O)=C2C(=O)C(=O)N(c3nc4c(C)cc(C)cc4s3)C2c2ccc(O)c(OCC)c2)cc1. The maximum absolute atomic E-state index is 13.6. The lowest BCUT2D eigenvalue weighted by Gasteiger charge is -2.23. The zero-order valence-corrected chi connectivity index (χ0v) is 22.8. The van der Waals surface area contributed by atoms with Crippen LogP contribution in [0.4, 0.5) is 5.13 Å². The summed E-state index contributed by atoms with van der Waals surface area (Å²) in [6.07, 6.45) is 0. The topological polar surface area (TPSA) is 109 Å². The van der Waals surface area contributed by atoms with E-state index in [4.69, 9.17) is 14.5 Å². The van der Waals surface area contributed by atoms with Crippen LogP contribution in [0.5, 0.6) is 17.2 Å². The maximum Gasteiger partial charge on any atom is 0.301 e. The van der Waals surface area contributed by atoms with E-state index in [2.05, 4.69) is 0 Å². The number of hydrogen-bond donors (Lipinski definition) is 2. The van der Waals surface area contributed by atoms with Crippen molar-refractivity contribution >= 4 is 44.1 Å². The number of phenols is 1. The van der Waals surface area contributed by atoms with Crippen molar-refractivity contribution < 1.29 is 29.3 Å². The van der Waals surface area contributed by atoms with E-state index in [1.165, 1.54) is 22.3 Å². The number of aryl methyl sites for hydroxylation is 2. The number of ketones is 1. The summed E-state index contributed by atoms with van der Waals surface area (Å²) in [6.45, 7) is 8.38. The highest BCUT2D eigenvalue weighted by Gasteiger charge is 2.48. The molecule has 1 amide bonds. The van der Waals surface area contributed by atoms with Crippen LogP contribution in [0, 0.1) is 13.8 Å². The number of rotatable bonds is 7. The number of aromatic hydroxyl groups is 1. The van der Waals surface area contributed by atoms with Gasteiger partial charge in [-0.05, 0) is 86.8 Å². The van der Waals surface area contributed by atoms with E-state index in [9.17, 15) is 19.8 Å². The first-order valence-corrected chi connectivity index (χ1v) is 13.4. The van der Waals surface area contributed by atoms with Crippen LogP contribution in [-0.4, -0.2) is 40.1 Å². The predicted octanol–water partition coefficient (Wildman–Crippen LogP) is 6.04. The van der Waals surface area contributed by atoms with E-state index in [-0.39, 0.29) is 22.8 Å². The Morgan fingerprint density at radius 3 is 2.41 bits per heavy atom. The number of carbonyl (C=O) groups is 2. The van der Waals surface area contributed by atoms with Crippen molar-refractivity contribution in [3.8, 4) is 17.2 Å². The molecular formula is C30H28N2O6S. The third kappa shape index (κ3) is 4.70. The third-order valence-corrected chi connectivity index (χ3v) is 7.51. The molecule has 1 saturated heterocycles. The molecule has 3 aromatic carbocycles. The van der Waals surface area contributed by atoms with Crippen LogP contribution in [0.15, 0.2) is 60.2 Å². The average molecular weight is 545 g/mol. The van der Waals surface area contributed by atoms with Gasteiger partial charge in [0.25, 0.3) is 5.78 Å². The molecule has 1 fully saturated rings. The second kappa shape index (κ2) is 10.4. The summed E-state index contributed by atoms with van der Waals surface area (Å²) < 4.78 is 12.0. The number of fused-ring (bicyclic) bond motifs is 1. The fourth-order valence-corrected chi connectivity index (χ4v) is 5.98. The Hall–Kier alpha value is -4.37. The first-order chi connectivity index (χ1) is 18.7. The second-order valence-corrected chi connectivity index (χ2v) is 10.2. The lowest BCUT2D eigenvalue weighted by molar-refractivity contribution is -0.132. The fourth-order valence-electron chi connectivity index (χ4n) is 4.81. The van der Waals surface area contributed by atoms with Crippen molar-refractivity contribution in [2.75, 3.05) is 18.1 Å². The minimum atomic E-state index is -1.00. The molecule has 2 N–H and O–H groups in total. The normalized spacial score (nSPS) is 16.7. The van der Waals surface area contributed by atoms with Gasteiger partial charge in [0.05, 0.1) is 35.0 Å². The summed E-state index contributed by atoms with van der Waals surface area (Å²) in [5, 5.41) is 22.1. The number of nitrogens with zero attached hydrogens (tertiary/aromatic N) is 2. The summed E-state index contributed by atoms with van der Waals surface area (Å²) in [4.78, 5) is 33.2. The smallest absolute Gasteiger partial charge is 0.301 e. The summed E-state index contributed by atoms with van der Waals surface area (Å²) >= 11 is 1.30. The van der Waals surface area contributed by atoms with Gasteiger partial charge in [0.2, 0.25) is 0 Å². The lowest BCUT2D eigenvalue weighted by Crippen LogP contribution is -2.29. The molecule has 1 aliphatic rings. The Labute approximate surface area is 229 Å². The van der Waals surface area contributed by atoms with Crippen LogP contribution in [0.25, 0.3) is 16.0 Å². The first-order valence-electron chi connectivity index (χ1n) is 12.6. The van der Waals surface area contributed by atoms with Gasteiger partial charge in [-0.1, -0.05) is 23.5 Å². The van der Waals surface area contributed by atoms with E-state index < -0.39 is 17.7 Å². The average Bonchev–Trinajstić information content (AvgIpc) is 3.44. The Morgan fingerprint density at radius 1 is 1.00 bits per heavy atom. The van der Waals surface area contributed by atoms with E-state index in [1.807, 2.05) is 32.9 Å². The fraction of sp³-hybridized carbons (Fsp3) is 0.233. The molecule has 1 aromatic heterocycles. The van der Waals surface area contributed by atoms with E-state index in [1.54, 1.807) is 43.3 Å². The second-order valence-electron chi connectivity index (χ2n) is 9.21. The molecule has 0 aliphatic carbocycles. The van der Waals surface area contributed by atoms with Crippen molar-refractivity contribution in [3.63, 3.8) is 0 Å². The number of ether oxygens (including phenoxy) is 2. The van der Waals surface area contributed by atoms with E-state index in [0.717, 1.165) is 21.3 Å². The number of Topliss-reactive ketones (excluding diaryl/α,β-unsaturated/α-hetero) is 1. The van der Waals surface area contributed by atoms with Crippen molar-refractivity contribution in [2.45, 2.75) is 33.7 Å². The van der Waals surface area contributed by atoms with Crippen molar-refractivity contribution in [1.82, 2.24) is 4.98 Å².